The average Bonchev–Trinajstić information content (AvgIpc) is 3.14. The van der Waals surface area contributed by atoms with Gasteiger partial charge >= 0.3 is 18.0 Å². The van der Waals surface area contributed by atoms with Crippen LogP contribution < -0.4 is 21.7 Å². The van der Waals surface area contributed by atoms with Crippen LogP contribution >= 0.6 is 0 Å². The van der Waals surface area contributed by atoms with Gasteiger partial charge in [0.25, 0.3) is 11.6 Å². The number of urea groups is 1. The van der Waals surface area contributed by atoms with Crippen LogP contribution in [0.25, 0.3) is 0 Å². The molecule has 1 aliphatic heterocycles. The average molecular weight is 526 g/mol. The third-order valence-electron chi connectivity index (χ3n) is 6.07. The van der Waals surface area contributed by atoms with E-state index in [1.165, 1.54) is 24.3 Å². The number of imide groups is 1. The molecule has 3 atom stereocenters. The van der Waals surface area contributed by atoms with Gasteiger partial charge in [-0.05, 0) is 30.2 Å². The van der Waals surface area contributed by atoms with E-state index in [-0.39, 0.29) is 23.6 Å². The molecule has 0 spiro atoms. The van der Waals surface area contributed by atoms with Gasteiger partial charge < -0.3 is 27.0 Å². The Morgan fingerprint density at radius 2 is 1.68 bits per heavy atom. The van der Waals surface area contributed by atoms with E-state index in [0.717, 1.165) is 12.5 Å². The molecule has 1 heterocycles. The van der Waals surface area contributed by atoms with Crippen LogP contribution in [0.15, 0.2) is 54.6 Å². The summed E-state index contributed by atoms with van der Waals surface area (Å²) in [5, 5.41) is 22.0. The van der Waals surface area contributed by atoms with Crippen molar-refractivity contribution >= 4 is 41.3 Å². The van der Waals surface area contributed by atoms with Crippen LogP contribution in [-0.4, -0.2) is 68.4 Å². The summed E-state index contributed by atoms with van der Waals surface area (Å²) in [4.78, 5) is 78.1. The molecular weight excluding hydrogens is 498 g/mol. The van der Waals surface area contributed by atoms with E-state index in [4.69, 9.17) is 16.6 Å². The Labute approximate surface area is 217 Å². The van der Waals surface area contributed by atoms with Crippen molar-refractivity contribution in [2.24, 2.45) is 11.5 Å². The highest BCUT2D eigenvalue weighted by Crippen LogP contribution is 2.33. The molecule has 1 unspecified atom stereocenters. The van der Waals surface area contributed by atoms with Gasteiger partial charge in [-0.2, -0.15) is 0 Å². The molecule has 2 aromatic carbocycles. The van der Waals surface area contributed by atoms with Crippen LogP contribution in [0, 0.1) is 0 Å². The molecule has 0 radical (unpaired) electrons. The Hall–Kier alpha value is -4.62. The molecular formula is C25H27N5O8. The Bertz CT molecular complexity index is 1270. The predicted octanol–water partition coefficient (Wildman–Crippen LogP) is -0.187. The number of ketones is 1. The zero-order chi connectivity index (χ0) is 28.2. The first-order valence-electron chi connectivity index (χ1n) is 11.5. The fraction of sp³-hybridized carbons (Fsp3) is 0.280. The SMILES string of the molecule is CC(=O)[C@](C(=O)O)(N1C(=O)NC(Cc2cccc(CN)c2)C1=O)N(C(=O)[C@@H](N)CC(=O)O)c1ccccc1. The molecule has 0 saturated carbocycles. The largest absolute Gasteiger partial charge is 0.481 e. The molecule has 3 rings (SSSR count). The van der Waals surface area contributed by atoms with E-state index in [1.807, 2.05) is 0 Å². The van der Waals surface area contributed by atoms with Crippen molar-refractivity contribution in [1.29, 1.82) is 0 Å². The molecule has 0 bridgehead atoms. The topological polar surface area (TPSA) is 213 Å². The minimum atomic E-state index is -3.20. The number of amides is 4. The first kappa shape index (κ1) is 28.0. The molecule has 4 amide bonds. The highest BCUT2D eigenvalue weighted by Gasteiger charge is 2.64. The standard InChI is InChI=1S/C25H27N5O8/c1-14(31)25(23(36)37,29(17-8-3-2-4-9-17)21(34)18(27)12-20(32)33)30-22(35)19(28-24(30)38)11-15-6-5-7-16(10-15)13-26/h2-10,18-19H,11-13,26-27H2,1H3,(H,28,38)(H,32,33)(H,36,37)/t18-,19?,25+/m0/s1. The molecule has 200 valence electrons. The molecule has 0 aliphatic carbocycles. The summed E-state index contributed by atoms with van der Waals surface area (Å²) in [6, 6.07) is 9.47. The predicted molar refractivity (Wildman–Crippen MR) is 132 cm³/mol. The quantitative estimate of drug-likeness (QED) is 0.193. The van der Waals surface area contributed by atoms with Gasteiger partial charge in [0.15, 0.2) is 5.78 Å². The molecule has 2 aromatic rings. The highest BCUT2D eigenvalue weighted by molar-refractivity contribution is 6.23. The number of carboxylic acid groups (broad SMARTS) is 2. The van der Waals surface area contributed by atoms with Crippen molar-refractivity contribution in [2.75, 3.05) is 4.90 Å². The summed E-state index contributed by atoms with van der Waals surface area (Å²) in [6.07, 6.45) is -0.962. The van der Waals surface area contributed by atoms with Gasteiger partial charge in [-0.15, -0.1) is 0 Å². The van der Waals surface area contributed by atoms with Crippen LogP contribution in [-0.2, 0) is 36.9 Å². The number of nitrogens with one attached hydrogen (secondary N) is 1. The zero-order valence-corrected chi connectivity index (χ0v) is 20.4. The lowest BCUT2D eigenvalue weighted by atomic mass is 9.96. The van der Waals surface area contributed by atoms with E-state index in [2.05, 4.69) is 5.32 Å². The number of hydrogen-bond acceptors (Lipinski definition) is 8. The van der Waals surface area contributed by atoms with Crippen molar-refractivity contribution in [3.63, 3.8) is 0 Å². The number of carbonyl (C=O) groups is 6. The van der Waals surface area contributed by atoms with Gasteiger partial charge in [-0.25, -0.2) is 14.5 Å². The number of nitrogens with zero attached hydrogens (tertiary/aromatic N) is 2. The van der Waals surface area contributed by atoms with Crippen molar-refractivity contribution in [3.05, 3.63) is 65.7 Å². The van der Waals surface area contributed by atoms with E-state index >= 15 is 0 Å². The van der Waals surface area contributed by atoms with E-state index in [9.17, 15) is 33.9 Å². The maximum Gasteiger partial charge on any atom is 0.360 e. The van der Waals surface area contributed by atoms with Crippen molar-refractivity contribution in [2.45, 2.75) is 44.1 Å². The number of hydrogen-bond donors (Lipinski definition) is 5. The summed E-state index contributed by atoms with van der Waals surface area (Å²) < 4.78 is 0. The maximum absolute atomic E-state index is 13.6. The van der Waals surface area contributed by atoms with Crippen LogP contribution in [0.3, 0.4) is 0 Å². The number of carboxylic acids is 2. The Kier molecular flexibility index (Phi) is 8.23. The van der Waals surface area contributed by atoms with E-state index in [0.29, 0.717) is 10.5 Å². The summed E-state index contributed by atoms with van der Waals surface area (Å²) in [7, 11) is 0. The smallest absolute Gasteiger partial charge is 0.360 e. The monoisotopic (exact) mass is 525 g/mol. The van der Waals surface area contributed by atoms with Gasteiger partial charge in [-0.3, -0.25) is 24.1 Å². The highest BCUT2D eigenvalue weighted by atomic mass is 16.4. The number of anilines is 1. The number of Topliss-reactive ketones (excluding diaryl/α,β-unsaturated/α-hetero) is 1. The maximum atomic E-state index is 13.6. The summed E-state index contributed by atoms with van der Waals surface area (Å²) in [5.74, 6) is -7.11. The number of carbonyl (C=O) groups excluding carboxylic acids is 4. The van der Waals surface area contributed by atoms with Crippen molar-refractivity contribution in [1.82, 2.24) is 10.2 Å². The molecule has 1 aliphatic rings. The summed E-state index contributed by atoms with van der Waals surface area (Å²) >= 11 is 0. The molecule has 13 heteroatoms. The van der Waals surface area contributed by atoms with Crippen molar-refractivity contribution < 1.29 is 39.0 Å². The molecule has 0 aromatic heterocycles. The van der Waals surface area contributed by atoms with Crippen LogP contribution in [0.1, 0.15) is 24.5 Å². The number of rotatable bonds is 11. The van der Waals surface area contributed by atoms with Crippen LogP contribution in [0.2, 0.25) is 0 Å². The Morgan fingerprint density at radius 1 is 1.05 bits per heavy atom. The van der Waals surface area contributed by atoms with Gasteiger partial charge in [0.05, 0.1) is 12.5 Å². The van der Waals surface area contributed by atoms with Gasteiger partial charge in [0.2, 0.25) is 5.91 Å². The lowest BCUT2D eigenvalue weighted by molar-refractivity contribution is -0.161. The summed E-state index contributed by atoms with van der Waals surface area (Å²) in [6.45, 7) is 1.03. The van der Waals surface area contributed by atoms with Crippen molar-refractivity contribution in [3.8, 4) is 0 Å². The third-order valence-corrected chi connectivity index (χ3v) is 6.07. The Morgan fingerprint density at radius 3 is 2.24 bits per heavy atom. The number of nitrogens with two attached hydrogens (primary N) is 2. The molecule has 38 heavy (non-hydrogen) atoms. The first-order chi connectivity index (χ1) is 17.9. The normalized spacial score (nSPS) is 17.3. The molecule has 13 nitrogen and oxygen atoms in total. The zero-order valence-electron chi connectivity index (χ0n) is 20.4. The van der Waals surface area contributed by atoms with Crippen LogP contribution in [0.5, 0.6) is 0 Å². The first-order valence-corrected chi connectivity index (χ1v) is 11.5. The number of benzene rings is 2. The lowest BCUT2D eigenvalue weighted by Gasteiger charge is -2.43. The number of para-hydroxylation sites is 1. The fourth-order valence-electron chi connectivity index (χ4n) is 4.34. The van der Waals surface area contributed by atoms with Gasteiger partial charge in [-0.1, -0.05) is 42.5 Å². The van der Waals surface area contributed by atoms with E-state index in [1.54, 1.807) is 30.3 Å². The van der Waals surface area contributed by atoms with E-state index < -0.39 is 59.7 Å². The second-order valence-corrected chi connectivity index (χ2v) is 8.65. The Balaban J connectivity index is 2.16. The summed E-state index contributed by atoms with van der Waals surface area (Å²) in [5.41, 5.74) is 9.41. The second kappa shape index (κ2) is 11.2. The molecule has 1 fully saturated rings. The number of aliphatic carboxylic acids is 2. The molecule has 7 N–H and O–H groups in total. The second-order valence-electron chi connectivity index (χ2n) is 8.65. The molecule has 1 saturated heterocycles. The minimum Gasteiger partial charge on any atom is -0.481 e. The minimum absolute atomic E-state index is 0.0552. The third kappa shape index (κ3) is 5.10. The fourth-order valence-corrected chi connectivity index (χ4v) is 4.34. The van der Waals surface area contributed by atoms with Gasteiger partial charge in [0, 0.05) is 18.7 Å². The lowest BCUT2D eigenvalue weighted by Crippen LogP contribution is -2.74. The van der Waals surface area contributed by atoms with Gasteiger partial charge in [0.1, 0.15) is 6.04 Å². The van der Waals surface area contributed by atoms with Crippen LogP contribution in [0.4, 0.5) is 10.5 Å².